The van der Waals surface area contributed by atoms with Crippen LogP contribution >= 0.6 is 0 Å². The van der Waals surface area contributed by atoms with Crippen LogP contribution in [0.15, 0.2) is 28.7 Å². The minimum atomic E-state index is -0.420. The SMILES string of the molecule is COc1ccc2cc(C(=O)OCCCCN3CCOCC3)oc2c1. The van der Waals surface area contributed by atoms with Gasteiger partial charge in [-0.25, -0.2) is 4.79 Å². The maximum absolute atomic E-state index is 12.1. The molecule has 1 aromatic heterocycles. The average molecular weight is 333 g/mol. The zero-order chi connectivity index (χ0) is 16.8. The summed E-state index contributed by atoms with van der Waals surface area (Å²) >= 11 is 0. The number of hydrogen-bond donors (Lipinski definition) is 0. The Balaban J connectivity index is 1.43. The highest BCUT2D eigenvalue weighted by Crippen LogP contribution is 2.24. The zero-order valence-corrected chi connectivity index (χ0v) is 14.0. The summed E-state index contributed by atoms with van der Waals surface area (Å²) in [5.74, 6) is 0.503. The number of rotatable bonds is 7. The number of benzene rings is 1. The van der Waals surface area contributed by atoms with E-state index in [2.05, 4.69) is 4.90 Å². The molecule has 0 saturated carbocycles. The van der Waals surface area contributed by atoms with Crippen LogP contribution in [0.2, 0.25) is 0 Å². The third-order valence-electron chi connectivity index (χ3n) is 4.13. The largest absolute Gasteiger partial charge is 0.497 e. The second-order valence-electron chi connectivity index (χ2n) is 5.81. The molecule has 1 saturated heterocycles. The van der Waals surface area contributed by atoms with E-state index in [0.29, 0.717) is 17.9 Å². The number of nitrogens with zero attached hydrogens (tertiary/aromatic N) is 1. The van der Waals surface area contributed by atoms with Crippen molar-refractivity contribution in [2.45, 2.75) is 12.8 Å². The molecule has 0 N–H and O–H groups in total. The first-order valence-electron chi connectivity index (χ1n) is 8.31. The molecule has 6 nitrogen and oxygen atoms in total. The number of morpholine rings is 1. The van der Waals surface area contributed by atoms with Crippen molar-refractivity contribution in [3.8, 4) is 5.75 Å². The third-order valence-corrected chi connectivity index (χ3v) is 4.13. The Bertz CT molecular complexity index is 675. The quantitative estimate of drug-likeness (QED) is 0.573. The number of carbonyl (C=O) groups excluding carboxylic acids is 1. The summed E-state index contributed by atoms with van der Waals surface area (Å²) in [7, 11) is 1.59. The van der Waals surface area contributed by atoms with E-state index in [0.717, 1.165) is 51.1 Å². The van der Waals surface area contributed by atoms with Crippen LogP contribution in [0.25, 0.3) is 11.0 Å². The van der Waals surface area contributed by atoms with Crippen LogP contribution < -0.4 is 4.74 Å². The van der Waals surface area contributed by atoms with Gasteiger partial charge in [0.1, 0.15) is 11.3 Å². The van der Waals surface area contributed by atoms with Gasteiger partial charge in [-0.15, -0.1) is 0 Å². The number of unbranched alkanes of at least 4 members (excludes halogenated alkanes) is 1. The molecule has 2 aromatic rings. The monoisotopic (exact) mass is 333 g/mol. The molecule has 0 aliphatic carbocycles. The fraction of sp³-hybridized carbons (Fsp3) is 0.500. The van der Waals surface area contributed by atoms with Crippen LogP contribution in [0.1, 0.15) is 23.4 Å². The van der Waals surface area contributed by atoms with Crippen LogP contribution in [0.3, 0.4) is 0 Å². The van der Waals surface area contributed by atoms with Gasteiger partial charge in [-0.05, 0) is 37.6 Å². The van der Waals surface area contributed by atoms with Crippen LogP contribution in [0, 0.1) is 0 Å². The molecule has 1 fully saturated rings. The molecule has 1 aliphatic rings. The number of carbonyl (C=O) groups is 1. The van der Waals surface area contributed by atoms with Gasteiger partial charge in [-0.2, -0.15) is 0 Å². The van der Waals surface area contributed by atoms with Crippen LogP contribution in [-0.4, -0.2) is 57.4 Å². The molecule has 0 atom stereocenters. The Morgan fingerprint density at radius 2 is 2.04 bits per heavy atom. The number of fused-ring (bicyclic) bond motifs is 1. The number of ether oxygens (including phenoxy) is 3. The van der Waals surface area contributed by atoms with Crippen LogP contribution in [-0.2, 0) is 9.47 Å². The smallest absolute Gasteiger partial charge is 0.374 e. The first kappa shape index (κ1) is 16.8. The van der Waals surface area contributed by atoms with Crippen molar-refractivity contribution in [2.24, 2.45) is 0 Å². The lowest BCUT2D eigenvalue weighted by Crippen LogP contribution is -2.36. The Labute approximate surface area is 141 Å². The van der Waals surface area contributed by atoms with E-state index >= 15 is 0 Å². The molecule has 2 heterocycles. The molecule has 24 heavy (non-hydrogen) atoms. The lowest BCUT2D eigenvalue weighted by Gasteiger charge is -2.26. The van der Waals surface area contributed by atoms with Crippen LogP contribution in [0.5, 0.6) is 5.75 Å². The van der Waals surface area contributed by atoms with Crippen molar-refractivity contribution in [1.82, 2.24) is 4.90 Å². The molecule has 0 bridgehead atoms. The second-order valence-corrected chi connectivity index (χ2v) is 5.81. The normalized spacial score (nSPS) is 15.5. The molecule has 1 aliphatic heterocycles. The molecule has 0 radical (unpaired) electrons. The number of hydrogen-bond acceptors (Lipinski definition) is 6. The first-order valence-corrected chi connectivity index (χ1v) is 8.31. The minimum Gasteiger partial charge on any atom is -0.497 e. The van der Waals surface area contributed by atoms with E-state index in [1.165, 1.54) is 0 Å². The van der Waals surface area contributed by atoms with Crippen molar-refractivity contribution >= 4 is 16.9 Å². The fourth-order valence-corrected chi connectivity index (χ4v) is 2.74. The second kappa shape index (κ2) is 8.17. The van der Waals surface area contributed by atoms with Crippen LogP contribution in [0.4, 0.5) is 0 Å². The molecule has 6 heteroatoms. The van der Waals surface area contributed by atoms with E-state index in [-0.39, 0.29) is 5.76 Å². The molecular weight excluding hydrogens is 310 g/mol. The van der Waals surface area contributed by atoms with E-state index in [1.54, 1.807) is 19.2 Å². The summed E-state index contributed by atoms with van der Waals surface area (Å²) in [5, 5.41) is 0.857. The molecular formula is C18H23NO5. The molecule has 130 valence electrons. The Morgan fingerprint density at radius 1 is 1.21 bits per heavy atom. The van der Waals surface area contributed by atoms with Gasteiger partial charge in [0.2, 0.25) is 5.76 Å². The highest BCUT2D eigenvalue weighted by atomic mass is 16.5. The standard InChI is InChI=1S/C18H23NO5/c1-21-15-5-4-14-12-17(24-16(14)13-15)18(20)23-9-3-2-6-19-7-10-22-11-8-19/h4-5,12-13H,2-3,6-11H2,1H3. The summed E-state index contributed by atoms with van der Waals surface area (Å²) in [6.07, 6.45) is 1.85. The Morgan fingerprint density at radius 3 is 2.83 bits per heavy atom. The van der Waals surface area contributed by atoms with Crippen molar-refractivity contribution in [1.29, 1.82) is 0 Å². The van der Waals surface area contributed by atoms with E-state index < -0.39 is 5.97 Å². The van der Waals surface area contributed by atoms with Gasteiger partial charge in [0.25, 0.3) is 0 Å². The highest BCUT2D eigenvalue weighted by Gasteiger charge is 2.14. The molecule has 3 rings (SSSR count). The van der Waals surface area contributed by atoms with E-state index in [1.807, 2.05) is 12.1 Å². The fourth-order valence-electron chi connectivity index (χ4n) is 2.74. The molecule has 0 unspecified atom stereocenters. The average Bonchev–Trinajstić information content (AvgIpc) is 3.05. The summed E-state index contributed by atoms with van der Waals surface area (Å²) in [4.78, 5) is 14.4. The zero-order valence-electron chi connectivity index (χ0n) is 14.0. The lowest BCUT2D eigenvalue weighted by atomic mass is 10.2. The Kier molecular flexibility index (Phi) is 5.72. The molecule has 0 spiro atoms. The van der Waals surface area contributed by atoms with E-state index in [9.17, 15) is 4.79 Å². The Hall–Kier alpha value is -2.05. The summed E-state index contributed by atoms with van der Waals surface area (Å²) in [5.41, 5.74) is 0.619. The van der Waals surface area contributed by atoms with Gasteiger partial charge in [-0.3, -0.25) is 4.90 Å². The van der Waals surface area contributed by atoms with Gasteiger partial charge in [0.05, 0.1) is 26.9 Å². The summed E-state index contributed by atoms with van der Waals surface area (Å²) in [6, 6.07) is 7.15. The van der Waals surface area contributed by atoms with Gasteiger partial charge >= 0.3 is 5.97 Å². The predicted molar refractivity (Wildman–Crippen MR) is 89.5 cm³/mol. The predicted octanol–water partition coefficient (Wildman–Crippen LogP) is 2.71. The van der Waals surface area contributed by atoms with Gasteiger partial charge < -0.3 is 18.6 Å². The van der Waals surface area contributed by atoms with Crippen molar-refractivity contribution < 1.29 is 23.4 Å². The maximum Gasteiger partial charge on any atom is 0.374 e. The lowest BCUT2D eigenvalue weighted by molar-refractivity contribution is 0.0343. The summed E-state index contributed by atoms with van der Waals surface area (Å²) in [6.45, 7) is 5.02. The number of methoxy groups -OCH3 is 1. The number of esters is 1. The summed E-state index contributed by atoms with van der Waals surface area (Å²) < 4.78 is 21.3. The van der Waals surface area contributed by atoms with Gasteiger partial charge in [-0.1, -0.05) is 0 Å². The third kappa shape index (κ3) is 4.27. The van der Waals surface area contributed by atoms with Gasteiger partial charge in [0, 0.05) is 24.5 Å². The van der Waals surface area contributed by atoms with Gasteiger partial charge in [0.15, 0.2) is 0 Å². The highest BCUT2D eigenvalue weighted by molar-refractivity contribution is 5.92. The van der Waals surface area contributed by atoms with E-state index in [4.69, 9.17) is 18.6 Å². The molecule has 0 amide bonds. The van der Waals surface area contributed by atoms with Crippen molar-refractivity contribution in [3.05, 3.63) is 30.0 Å². The van der Waals surface area contributed by atoms with Crippen molar-refractivity contribution in [3.63, 3.8) is 0 Å². The first-order chi connectivity index (χ1) is 11.8. The maximum atomic E-state index is 12.1. The topological polar surface area (TPSA) is 61.1 Å². The van der Waals surface area contributed by atoms with Crippen molar-refractivity contribution in [2.75, 3.05) is 46.6 Å². The molecule has 1 aromatic carbocycles. The number of furan rings is 1. The minimum absolute atomic E-state index is 0.228.